The van der Waals surface area contributed by atoms with E-state index in [9.17, 15) is 14.4 Å². The molecule has 1 spiro atoms. The van der Waals surface area contributed by atoms with Crippen LogP contribution in [0, 0.1) is 5.92 Å². The smallest absolute Gasteiger partial charge is 0.250 e. The summed E-state index contributed by atoms with van der Waals surface area (Å²) in [6.45, 7) is 8.38. The van der Waals surface area contributed by atoms with Gasteiger partial charge in [0.1, 0.15) is 12.1 Å². The van der Waals surface area contributed by atoms with E-state index in [-0.39, 0.29) is 24.3 Å². The lowest BCUT2D eigenvalue weighted by Gasteiger charge is -2.43. The van der Waals surface area contributed by atoms with Gasteiger partial charge in [-0.1, -0.05) is 45.4 Å². The van der Waals surface area contributed by atoms with Crippen molar-refractivity contribution < 1.29 is 14.4 Å². The van der Waals surface area contributed by atoms with Crippen molar-refractivity contribution in [1.82, 2.24) is 15.1 Å². The van der Waals surface area contributed by atoms with Gasteiger partial charge in [-0.2, -0.15) is 0 Å². The SMILES string of the molecule is CCCCC(=O)N1CCC2(CC1)C(=O)N(CC(=O)NCC(C)C)CN2c1ccccc1. The number of amides is 3. The average Bonchev–Trinajstić information content (AvgIpc) is 3.03. The Morgan fingerprint density at radius 3 is 2.42 bits per heavy atom. The average molecular weight is 429 g/mol. The normalized spacial score (nSPS) is 18.2. The first-order valence-corrected chi connectivity index (χ1v) is 11.5. The van der Waals surface area contributed by atoms with E-state index < -0.39 is 5.54 Å². The van der Waals surface area contributed by atoms with E-state index in [2.05, 4.69) is 17.1 Å². The molecule has 0 aromatic heterocycles. The summed E-state index contributed by atoms with van der Waals surface area (Å²) in [5.41, 5.74) is 0.285. The Morgan fingerprint density at radius 1 is 1.13 bits per heavy atom. The topological polar surface area (TPSA) is 73.0 Å². The van der Waals surface area contributed by atoms with Crippen molar-refractivity contribution >= 4 is 23.4 Å². The third-order valence-corrected chi connectivity index (χ3v) is 6.31. The molecule has 3 amide bonds. The molecule has 2 fully saturated rings. The maximum absolute atomic E-state index is 13.6. The molecule has 2 aliphatic rings. The molecule has 3 rings (SSSR count). The maximum Gasteiger partial charge on any atom is 0.250 e. The van der Waals surface area contributed by atoms with Crippen molar-refractivity contribution in [2.75, 3.05) is 37.7 Å². The van der Waals surface area contributed by atoms with Crippen LogP contribution in [0.5, 0.6) is 0 Å². The molecule has 2 heterocycles. The Hall–Kier alpha value is -2.57. The second-order valence-corrected chi connectivity index (χ2v) is 9.12. The number of carbonyl (C=O) groups excluding carboxylic acids is 3. The minimum absolute atomic E-state index is 0.00305. The van der Waals surface area contributed by atoms with Crippen molar-refractivity contribution in [2.24, 2.45) is 5.92 Å². The number of hydrogen-bond donors (Lipinski definition) is 1. The largest absolute Gasteiger partial charge is 0.354 e. The fraction of sp³-hybridized carbons (Fsp3) is 0.625. The van der Waals surface area contributed by atoms with Gasteiger partial charge < -0.3 is 20.0 Å². The molecule has 0 atom stereocenters. The maximum atomic E-state index is 13.6. The van der Waals surface area contributed by atoms with Crippen LogP contribution >= 0.6 is 0 Å². The number of anilines is 1. The predicted octanol–water partition coefficient (Wildman–Crippen LogP) is 2.62. The summed E-state index contributed by atoms with van der Waals surface area (Å²) >= 11 is 0. The Balaban J connectivity index is 1.75. The molecule has 0 unspecified atom stereocenters. The first-order chi connectivity index (χ1) is 14.9. The molecule has 1 aromatic rings. The van der Waals surface area contributed by atoms with Gasteiger partial charge in [0.25, 0.3) is 5.91 Å². The lowest BCUT2D eigenvalue weighted by atomic mass is 9.85. The molecule has 31 heavy (non-hydrogen) atoms. The highest BCUT2D eigenvalue weighted by atomic mass is 16.2. The lowest BCUT2D eigenvalue weighted by molar-refractivity contribution is -0.140. The lowest BCUT2D eigenvalue weighted by Crippen LogP contribution is -2.57. The molecule has 2 aliphatic heterocycles. The highest BCUT2D eigenvalue weighted by molar-refractivity contribution is 5.96. The second-order valence-electron chi connectivity index (χ2n) is 9.12. The summed E-state index contributed by atoms with van der Waals surface area (Å²) in [6.07, 6.45) is 3.64. The quantitative estimate of drug-likeness (QED) is 0.691. The number of nitrogens with one attached hydrogen (secondary N) is 1. The van der Waals surface area contributed by atoms with Crippen LogP contribution in [0.25, 0.3) is 0 Å². The van der Waals surface area contributed by atoms with E-state index >= 15 is 0 Å². The number of nitrogens with zero attached hydrogens (tertiary/aromatic N) is 3. The van der Waals surface area contributed by atoms with Gasteiger partial charge in [0, 0.05) is 31.7 Å². The summed E-state index contributed by atoms with van der Waals surface area (Å²) in [4.78, 5) is 44.2. The number of piperidine rings is 1. The van der Waals surface area contributed by atoms with Gasteiger partial charge in [-0.25, -0.2) is 0 Å². The van der Waals surface area contributed by atoms with Gasteiger partial charge in [-0.15, -0.1) is 0 Å². The van der Waals surface area contributed by atoms with Gasteiger partial charge in [0.15, 0.2) is 0 Å². The Labute approximate surface area is 185 Å². The Bertz CT molecular complexity index is 772. The molecule has 0 saturated carbocycles. The van der Waals surface area contributed by atoms with E-state index in [1.807, 2.05) is 49.1 Å². The van der Waals surface area contributed by atoms with Gasteiger partial charge in [-0.3, -0.25) is 14.4 Å². The summed E-state index contributed by atoms with van der Waals surface area (Å²) in [6, 6.07) is 9.91. The van der Waals surface area contributed by atoms with E-state index in [0.29, 0.717) is 51.5 Å². The van der Waals surface area contributed by atoms with Crippen LogP contribution in [0.2, 0.25) is 0 Å². The van der Waals surface area contributed by atoms with E-state index in [1.54, 1.807) is 4.90 Å². The predicted molar refractivity (Wildman–Crippen MR) is 121 cm³/mol. The highest BCUT2D eigenvalue weighted by Crippen LogP contribution is 2.39. The summed E-state index contributed by atoms with van der Waals surface area (Å²) in [7, 11) is 0. The molecular weight excluding hydrogens is 392 g/mol. The minimum atomic E-state index is -0.693. The van der Waals surface area contributed by atoms with Crippen molar-refractivity contribution in [3.8, 4) is 0 Å². The number of likely N-dealkylation sites (tertiary alicyclic amines) is 1. The zero-order chi connectivity index (χ0) is 22.4. The van der Waals surface area contributed by atoms with Crippen molar-refractivity contribution in [1.29, 1.82) is 0 Å². The number of rotatable bonds is 8. The summed E-state index contributed by atoms with van der Waals surface area (Å²) in [5.74, 6) is 0.411. The fourth-order valence-electron chi connectivity index (χ4n) is 4.48. The number of para-hydroxylation sites is 1. The highest BCUT2D eigenvalue weighted by Gasteiger charge is 2.54. The van der Waals surface area contributed by atoms with Gasteiger partial charge in [0.05, 0.1) is 6.67 Å². The van der Waals surface area contributed by atoms with Crippen LogP contribution in [0.1, 0.15) is 52.9 Å². The summed E-state index contributed by atoms with van der Waals surface area (Å²) in [5, 5.41) is 2.91. The monoisotopic (exact) mass is 428 g/mol. The molecule has 7 nitrogen and oxygen atoms in total. The zero-order valence-corrected chi connectivity index (χ0v) is 19.1. The van der Waals surface area contributed by atoms with Crippen molar-refractivity contribution in [2.45, 2.75) is 58.4 Å². The van der Waals surface area contributed by atoms with E-state index in [0.717, 1.165) is 18.5 Å². The molecule has 0 radical (unpaired) electrons. The molecule has 1 N–H and O–H groups in total. The first kappa shape index (κ1) is 23.1. The van der Waals surface area contributed by atoms with Crippen LogP contribution in [0.4, 0.5) is 5.69 Å². The number of unbranched alkanes of at least 4 members (excludes halogenated alkanes) is 1. The molecule has 2 saturated heterocycles. The zero-order valence-electron chi connectivity index (χ0n) is 19.1. The van der Waals surface area contributed by atoms with Gasteiger partial charge in [-0.05, 0) is 37.3 Å². The van der Waals surface area contributed by atoms with Crippen molar-refractivity contribution in [3.05, 3.63) is 30.3 Å². The number of benzene rings is 1. The minimum Gasteiger partial charge on any atom is -0.354 e. The molecule has 0 aliphatic carbocycles. The Kier molecular flexibility index (Phi) is 7.57. The number of hydrogen-bond acceptors (Lipinski definition) is 4. The standard InChI is InChI=1S/C24H36N4O3/c1-4-5-11-22(30)26-14-12-24(13-15-26)23(31)27(17-21(29)25-16-19(2)3)18-28(24)20-9-7-6-8-10-20/h6-10,19H,4-5,11-18H2,1-3H3,(H,25,29). The van der Waals surface area contributed by atoms with Crippen molar-refractivity contribution in [3.63, 3.8) is 0 Å². The molecular formula is C24H36N4O3. The Morgan fingerprint density at radius 2 is 1.81 bits per heavy atom. The second kappa shape index (κ2) is 10.2. The molecule has 170 valence electrons. The summed E-state index contributed by atoms with van der Waals surface area (Å²) < 4.78 is 0. The van der Waals surface area contributed by atoms with Crippen LogP contribution in [0.3, 0.4) is 0 Å². The molecule has 0 bridgehead atoms. The fourth-order valence-corrected chi connectivity index (χ4v) is 4.48. The van der Waals surface area contributed by atoms with E-state index in [4.69, 9.17) is 0 Å². The van der Waals surface area contributed by atoms with E-state index in [1.165, 1.54) is 0 Å². The van der Waals surface area contributed by atoms with Crippen LogP contribution < -0.4 is 10.2 Å². The molecule has 1 aromatic carbocycles. The molecule has 7 heteroatoms. The third kappa shape index (κ3) is 5.20. The number of carbonyl (C=O) groups is 3. The van der Waals surface area contributed by atoms with Crippen LogP contribution in [0.15, 0.2) is 30.3 Å². The van der Waals surface area contributed by atoms with Crippen LogP contribution in [-0.4, -0.2) is 65.9 Å². The van der Waals surface area contributed by atoms with Crippen LogP contribution in [-0.2, 0) is 14.4 Å². The third-order valence-electron chi connectivity index (χ3n) is 6.31. The first-order valence-electron chi connectivity index (χ1n) is 11.5. The van der Waals surface area contributed by atoms with Gasteiger partial charge in [0.2, 0.25) is 11.8 Å². The van der Waals surface area contributed by atoms with Gasteiger partial charge >= 0.3 is 0 Å².